The number of carbonyl (C=O) groups excluding carboxylic acids is 1. The first-order valence-corrected chi connectivity index (χ1v) is 4.08. The van der Waals surface area contributed by atoms with Gasteiger partial charge in [0.1, 0.15) is 5.75 Å². The molecule has 0 unspecified atom stereocenters. The Labute approximate surface area is 82.4 Å². The zero-order valence-electron chi connectivity index (χ0n) is 7.91. The first-order valence-electron chi connectivity index (χ1n) is 4.08. The molecule has 4 heteroatoms. The van der Waals surface area contributed by atoms with Gasteiger partial charge < -0.3 is 10.5 Å². The normalized spacial score (nSPS) is 9.21. The van der Waals surface area contributed by atoms with Crippen molar-refractivity contribution in [2.24, 2.45) is 5.73 Å². The highest BCUT2D eigenvalue weighted by Crippen LogP contribution is 2.11. The molecule has 14 heavy (non-hydrogen) atoms. The monoisotopic (exact) mass is 192 g/mol. The number of hydrogen-bond donors (Lipinski definition) is 2. The first-order chi connectivity index (χ1) is 6.58. The smallest absolute Gasteiger partial charge is 0.410 e. The summed E-state index contributed by atoms with van der Waals surface area (Å²) < 4.78 is 4.89. The molecule has 0 aliphatic carbocycles. The van der Waals surface area contributed by atoms with Crippen LogP contribution in [0.1, 0.15) is 5.56 Å². The van der Waals surface area contributed by atoms with Gasteiger partial charge in [0.05, 0.1) is 5.82 Å². The lowest BCUT2D eigenvalue weighted by Crippen LogP contribution is -2.29. The molecule has 4 nitrogen and oxygen atoms in total. The quantitative estimate of drug-likeness (QED) is 0.746. The lowest BCUT2D eigenvalue weighted by Gasteiger charge is -2.05. The highest BCUT2D eigenvalue weighted by atomic mass is 16.6. The van der Waals surface area contributed by atoms with Crippen LogP contribution in [0.4, 0.5) is 4.79 Å². The first kappa shape index (κ1) is 10.1. The van der Waals surface area contributed by atoms with Gasteiger partial charge in [-0.05, 0) is 19.1 Å². The minimum absolute atomic E-state index is 0.0575. The number of carbonyl (C=O) groups is 1. The summed E-state index contributed by atoms with van der Waals surface area (Å²) in [7, 11) is 0. The molecular weight excluding hydrogens is 180 g/mol. The van der Waals surface area contributed by atoms with Crippen LogP contribution in [0.3, 0.4) is 0 Å². The van der Waals surface area contributed by atoms with Crippen molar-refractivity contribution in [1.29, 1.82) is 0 Å². The van der Waals surface area contributed by atoms with Crippen molar-refractivity contribution in [1.82, 2.24) is 5.32 Å². The molecular formula is C10H12N2O2. The molecule has 0 saturated carbocycles. The molecule has 1 amide bonds. The van der Waals surface area contributed by atoms with Gasteiger partial charge in [0, 0.05) is 0 Å². The van der Waals surface area contributed by atoms with Crippen molar-refractivity contribution in [2.75, 3.05) is 0 Å². The molecule has 0 fully saturated rings. The van der Waals surface area contributed by atoms with Crippen LogP contribution in [-0.4, -0.2) is 6.09 Å². The predicted molar refractivity (Wildman–Crippen MR) is 53.7 cm³/mol. The van der Waals surface area contributed by atoms with Gasteiger partial charge in [-0.1, -0.05) is 24.3 Å². The zero-order valence-corrected chi connectivity index (χ0v) is 7.91. The van der Waals surface area contributed by atoms with Crippen LogP contribution >= 0.6 is 0 Å². The topological polar surface area (TPSA) is 64.3 Å². The van der Waals surface area contributed by atoms with Gasteiger partial charge in [-0.3, -0.25) is 5.32 Å². The Morgan fingerprint density at radius 1 is 1.43 bits per heavy atom. The minimum Gasteiger partial charge on any atom is -0.410 e. The number of nitrogens with two attached hydrogens (primary N) is 1. The van der Waals surface area contributed by atoms with E-state index in [2.05, 4.69) is 11.9 Å². The number of ether oxygens (including phenoxy) is 1. The Morgan fingerprint density at radius 3 is 2.50 bits per heavy atom. The Balaban J connectivity index is 2.56. The van der Waals surface area contributed by atoms with Gasteiger partial charge in [0.25, 0.3) is 0 Å². The van der Waals surface area contributed by atoms with Gasteiger partial charge in [-0.25, -0.2) is 4.79 Å². The van der Waals surface area contributed by atoms with Crippen LogP contribution in [0.25, 0.3) is 0 Å². The number of rotatable bonds is 2. The van der Waals surface area contributed by atoms with E-state index < -0.39 is 6.09 Å². The zero-order chi connectivity index (χ0) is 10.6. The lowest BCUT2D eigenvalue weighted by atomic mass is 10.2. The minimum atomic E-state index is -0.638. The molecule has 0 aromatic heterocycles. The second-order valence-corrected chi connectivity index (χ2v) is 2.85. The van der Waals surface area contributed by atoms with Crippen molar-refractivity contribution in [3.63, 3.8) is 0 Å². The largest absolute Gasteiger partial charge is 0.418 e. The van der Waals surface area contributed by atoms with Gasteiger partial charge in [-0.15, -0.1) is 0 Å². The number of nitrogens with one attached hydrogen (secondary N) is 1. The van der Waals surface area contributed by atoms with E-state index in [0.717, 1.165) is 5.56 Å². The molecule has 0 bridgehead atoms. The Hall–Kier alpha value is -1.97. The summed E-state index contributed by atoms with van der Waals surface area (Å²) in [6.07, 6.45) is -0.638. The maximum atomic E-state index is 11.0. The van der Waals surface area contributed by atoms with Crippen LogP contribution in [0.15, 0.2) is 36.7 Å². The highest BCUT2D eigenvalue weighted by molar-refractivity contribution is 5.71. The SMILES string of the molecule is C=C(N)NC(=O)Oc1ccc(C)cc1. The summed E-state index contributed by atoms with van der Waals surface area (Å²) in [4.78, 5) is 11.0. The molecule has 0 spiro atoms. The Morgan fingerprint density at radius 2 is 2.00 bits per heavy atom. The number of amides is 1. The average molecular weight is 192 g/mol. The molecule has 0 aliphatic heterocycles. The molecule has 3 N–H and O–H groups in total. The van der Waals surface area contributed by atoms with Gasteiger partial charge >= 0.3 is 6.09 Å². The van der Waals surface area contributed by atoms with Crippen LogP contribution in [0.5, 0.6) is 5.75 Å². The van der Waals surface area contributed by atoms with Crippen molar-refractivity contribution in [3.8, 4) is 5.75 Å². The summed E-state index contributed by atoms with van der Waals surface area (Å²) in [6, 6.07) is 7.10. The molecule has 0 radical (unpaired) electrons. The van der Waals surface area contributed by atoms with E-state index in [1.165, 1.54) is 0 Å². The Kier molecular flexibility index (Phi) is 3.12. The van der Waals surface area contributed by atoms with Crippen molar-refractivity contribution < 1.29 is 9.53 Å². The lowest BCUT2D eigenvalue weighted by molar-refractivity contribution is 0.203. The molecule has 0 atom stereocenters. The van der Waals surface area contributed by atoms with E-state index in [1.54, 1.807) is 12.1 Å². The standard InChI is InChI=1S/C10H12N2O2/c1-7-3-5-9(6-4-7)14-10(13)12-8(2)11/h3-6H,2,11H2,1H3,(H,12,13). The number of hydrogen-bond acceptors (Lipinski definition) is 3. The molecule has 1 rings (SSSR count). The van der Waals surface area contributed by atoms with E-state index in [1.807, 2.05) is 19.1 Å². The van der Waals surface area contributed by atoms with Crippen molar-refractivity contribution in [2.45, 2.75) is 6.92 Å². The van der Waals surface area contributed by atoms with E-state index >= 15 is 0 Å². The second kappa shape index (κ2) is 4.32. The van der Waals surface area contributed by atoms with E-state index in [9.17, 15) is 4.79 Å². The molecule has 0 saturated heterocycles. The van der Waals surface area contributed by atoms with E-state index in [-0.39, 0.29) is 5.82 Å². The second-order valence-electron chi connectivity index (χ2n) is 2.85. The fourth-order valence-electron chi connectivity index (χ4n) is 0.870. The molecule has 0 aliphatic rings. The maximum absolute atomic E-state index is 11.0. The third kappa shape index (κ3) is 3.18. The number of benzene rings is 1. The molecule has 1 aromatic carbocycles. The van der Waals surface area contributed by atoms with Crippen molar-refractivity contribution in [3.05, 3.63) is 42.2 Å². The fourth-order valence-corrected chi connectivity index (χ4v) is 0.870. The van der Waals surface area contributed by atoms with Crippen LogP contribution in [0, 0.1) is 6.92 Å². The summed E-state index contributed by atoms with van der Waals surface area (Å²) in [6.45, 7) is 5.27. The summed E-state index contributed by atoms with van der Waals surface area (Å²) in [5.74, 6) is 0.525. The third-order valence-electron chi connectivity index (χ3n) is 1.49. The summed E-state index contributed by atoms with van der Waals surface area (Å²) >= 11 is 0. The Bertz CT molecular complexity index is 344. The van der Waals surface area contributed by atoms with Crippen LogP contribution in [-0.2, 0) is 0 Å². The van der Waals surface area contributed by atoms with Crippen LogP contribution < -0.4 is 15.8 Å². The van der Waals surface area contributed by atoms with Gasteiger partial charge in [0.15, 0.2) is 0 Å². The highest BCUT2D eigenvalue weighted by Gasteiger charge is 2.02. The van der Waals surface area contributed by atoms with E-state index in [4.69, 9.17) is 10.5 Å². The fraction of sp³-hybridized carbons (Fsp3) is 0.100. The maximum Gasteiger partial charge on any atom is 0.418 e. The number of aryl methyl sites for hydroxylation is 1. The molecule has 74 valence electrons. The molecule has 0 heterocycles. The van der Waals surface area contributed by atoms with Gasteiger partial charge in [-0.2, -0.15) is 0 Å². The van der Waals surface area contributed by atoms with Crippen molar-refractivity contribution >= 4 is 6.09 Å². The van der Waals surface area contributed by atoms with Gasteiger partial charge in [0.2, 0.25) is 0 Å². The third-order valence-corrected chi connectivity index (χ3v) is 1.49. The predicted octanol–water partition coefficient (Wildman–Crippen LogP) is 1.51. The van der Waals surface area contributed by atoms with E-state index in [0.29, 0.717) is 5.75 Å². The summed E-state index contributed by atoms with van der Waals surface area (Å²) in [5, 5.41) is 2.23. The molecule has 1 aromatic rings. The summed E-state index contributed by atoms with van der Waals surface area (Å²) in [5.41, 5.74) is 6.26. The average Bonchev–Trinajstić information content (AvgIpc) is 2.07. The van der Waals surface area contributed by atoms with Crippen LogP contribution in [0.2, 0.25) is 0 Å².